The summed E-state index contributed by atoms with van der Waals surface area (Å²) in [6.45, 7) is 6.17. The van der Waals surface area contributed by atoms with Gasteiger partial charge in [-0.25, -0.2) is 0 Å². The molecule has 0 aromatic carbocycles. The Balaban J connectivity index is 0.000000461. The van der Waals surface area contributed by atoms with Gasteiger partial charge in [0, 0.05) is 33.4 Å². The Labute approximate surface area is 86.4 Å². The fourth-order valence-corrected chi connectivity index (χ4v) is 1.54. The van der Waals surface area contributed by atoms with E-state index in [1.165, 1.54) is 11.4 Å². The van der Waals surface area contributed by atoms with Gasteiger partial charge in [-0.1, -0.05) is 13.8 Å². The zero-order chi connectivity index (χ0) is 10.6. The average Bonchev–Trinajstić information content (AvgIpc) is 2.27. The summed E-state index contributed by atoms with van der Waals surface area (Å²) >= 11 is 0. The predicted molar refractivity (Wildman–Crippen MR) is 62.1 cm³/mol. The van der Waals surface area contributed by atoms with Gasteiger partial charge < -0.3 is 9.80 Å². The monoisotopic (exact) mass is 193 g/mol. The van der Waals surface area contributed by atoms with Crippen molar-refractivity contribution in [2.45, 2.75) is 13.8 Å². The summed E-state index contributed by atoms with van der Waals surface area (Å²) in [6, 6.07) is 2.06. The first-order valence-electron chi connectivity index (χ1n) is 5.15. The Bertz CT molecular complexity index is 257. The third-order valence-electron chi connectivity index (χ3n) is 2.37. The van der Waals surface area contributed by atoms with Crippen molar-refractivity contribution in [3.05, 3.63) is 18.5 Å². The van der Waals surface area contributed by atoms with Crippen LogP contribution >= 0.6 is 0 Å². The number of hydrogen-bond acceptors (Lipinski definition) is 3. The molecule has 0 saturated carbocycles. The van der Waals surface area contributed by atoms with Crippen molar-refractivity contribution in [3.8, 4) is 0 Å². The fourth-order valence-electron chi connectivity index (χ4n) is 1.54. The topological polar surface area (TPSA) is 19.4 Å². The lowest BCUT2D eigenvalue weighted by molar-refractivity contribution is 0.794. The van der Waals surface area contributed by atoms with Crippen LogP contribution in [0.3, 0.4) is 0 Å². The third-order valence-corrected chi connectivity index (χ3v) is 2.37. The Morgan fingerprint density at radius 2 is 1.64 bits per heavy atom. The summed E-state index contributed by atoms with van der Waals surface area (Å²) in [7, 11) is 4.22. The molecule has 0 unspecified atom stereocenters. The van der Waals surface area contributed by atoms with Gasteiger partial charge >= 0.3 is 0 Å². The van der Waals surface area contributed by atoms with Crippen LogP contribution in [0.1, 0.15) is 13.8 Å². The molecule has 0 saturated heterocycles. The standard InChI is InChI=1S/C9H13N3.C2H6/c1-11-5-6-12(2)9-7-10-4-3-8(9)11;1-2/h3-4,7H,5-6H2,1-2H3;1-2H3. The lowest BCUT2D eigenvalue weighted by Gasteiger charge is -2.33. The Kier molecular flexibility index (Phi) is 3.74. The van der Waals surface area contributed by atoms with Crippen LogP contribution in [0.5, 0.6) is 0 Å². The number of aromatic nitrogens is 1. The van der Waals surface area contributed by atoms with Gasteiger partial charge in [0.2, 0.25) is 0 Å². The first kappa shape index (κ1) is 10.8. The zero-order valence-electron chi connectivity index (χ0n) is 9.49. The van der Waals surface area contributed by atoms with Gasteiger partial charge in [-0.05, 0) is 6.07 Å². The van der Waals surface area contributed by atoms with Gasteiger partial charge in [0.1, 0.15) is 0 Å². The highest BCUT2D eigenvalue weighted by atomic mass is 15.2. The number of anilines is 2. The normalized spacial score (nSPS) is 14.3. The highest BCUT2D eigenvalue weighted by molar-refractivity contribution is 5.71. The quantitative estimate of drug-likeness (QED) is 0.628. The van der Waals surface area contributed by atoms with E-state index in [2.05, 4.69) is 34.9 Å². The summed E-state index contributed by atoms with van der Waals surface area (Å²) in [5.74, 6) is 0. The maximum atomic E-state index is 4.11. The van der Waals surface area contributed by atoms with Crippen LogP contribution in [0.15, 0.2) is 18.5 Å². The van der Waals surface area contributed by atoms with Crippen LogP contribution in [0, 0.1) is 0 Å². The third kappa shape index (κ3) is 1.97. The van der Waals surface area contributed by atoms with Crippen LogP contribution in [-0.4, -0.2) is 32.2 Å². The summed E-state index contributed by atoms with van der Waals surface area (Å²) in [6.07, 6.45) is 3.76. The first-order valence-corrected chi connectivity index (χ1v) is 5.15. The molecule has 1 aliphatic heterocycles. The minimum atomic E-state index is 1.08. The summed E-state index contributed by atoms with van der Waals surface area (Å²) in [5.41, 5.74) is 2.50. The average molecular weight is 193 g/mol. The van der Waals surface area contributed by atoms with E-state index in [1.54, 1.807) is 0 Å². The van der Waals surface area contributed by atoms with E-state index < -0.39 is 0 Å². The molecule has 1 aliphatic rings. The number of rotatable bonds is 0. The Morgan fingerprint density at radius 3 is 2.21 bits per heavy atom. The molecule has 0 radical (unpaired) electrons. The smallest absolute Gasteiger partial charge is 0.0788 e. The van der Waals surface area contributed by atoms with E-state index in [9.17, 15) is 0 Å². The molecule has 1 aromatic heterocycles. The van der Waals surface area contributed by atoms with Gasteiger partial charge in [0.05, 0.1) is 17.6 Å². The Morgan fingerprint density at radius 1 is 1.07 bits per heavy atom. The predicted octanol–water partition coefficient (Wildman–Crippen LogP) is 1.99. The van der Waals surface area contributed by atoms with E-state index in [1.807, 2.05) is 26.2 Å². The number of nitrogens with zero attached hydrogens (tertiary/aromatic N) is 3. The van der Waals surface area contributed by atoms with E-state index in [4.69, 9.17) is 0 Å². The highest BCUT2D eigenvalue weighted by Gasteiger charge is 2.16. The number of pyridine rings is 1. The lowest BCUT2D eigenvalue weighted by atomic mass is 10.2. The van der Waals surface area contributed by atoms with Crippen molar-refractivity contribution in [3.63, 3.8) is 0 Å². The van der Waals surface area contributed by atoms with Crippen LogP contribution in [0.25, 0.3) is 0 Å². The molecule has 0 bridgehead atoms. The van der Waals surface area contributed by atoms with Crippen molar-refractivity contribution in [1.82, 2.24) is 4.98 Å². The zero-order valence-corrected chi connectivity index (χ0v) is 9.49. The fraction of sp³-hybridized carbons (Fsp3) is 0.545. The van der Waals surface area contributed by atoms with Crippen LogP contribution in [0.2, 0.25) is 0 Å². The van der Waals surface area contributed by atoms with Gasteiger partial charge in [0.25, 0.3) is 0 Å². The van der Waals surface area contributed by atoms with Gasteiger partial charge in [-0.2, -0.15) is 0 Å². The van der Waals surface area contributed by atoms with E-state index in [-0.39, 0.29) is 0 Å². The van der Waals surface area contributed by atoms with Crippen LogP contribution < -0.4 is 9.80 Å². The second kappa shape index (κ2) is 4.84. The van der Waals surface area contributed by atoms with E-state index in [0.717, 1.165) is 13.1 Å². The van der Waals surface area contributed by atoms with Crippen molar-refractivity contribution in [2.75, 3.05) is 37.0 Å². The van der Waals surface area contributed by atoms with Gasteiger partial charge in [-0.3, -0.25) is 4.98 Å². The van der Waals surface area contributed by atoms with Crippen molar-refractivity contribution < 1.29 is 0 Å². The second-order valence-corrected chi connectivity index (χ2v) is 3.21. The van der Waals surface area contributed by atoms with Crippen molar-refractivity contribution >= 4 is 11.4 Å². The molecule has 78 valence electrons. The molecule has 1 aromatic rings. The number of likely N-dealkylation sites (N-methyl/N-ethyl adjacent to an activating group) is 2. The summed E-state index contributed by atoms with van der Waals surface area (Å²) in [5, 5.41) is 0. The molecule has 2 heterocycles. The molecule has 0 spiro atoms. The Hall–Kier alpha value is -1.25. The molecule has 0 N–H and O–H groups in total. The lowest BCUT2D eigenvalue weighted by Crippen LogP contribution is -2.36. The second-order valence-electron chi connectivity index (χ2n) is 3.21. The van der Waals surface area contributed by atoms with Crippen LogP contribution in [-0.2, 0) is 0 Å². The molecule has 0 amide bonds. The van der Waals surface area contributed by atoms with Crippen molar-refractivity contribution in [1.29, 1.82) is 0 Å². The minimum absolute atomic E-state index is 1.08. The number of hydrogen-bond donors (Lipinski definition) is 0. The molecule has 0 atom stereocenters. The van der Waals surface area contributed by atoms with Crippen LogP contribution in [0.4, 0.5) is 11.4 Å². The molecule has 3 heteroatoms. The van der Waals surface area contributed by atoms with E-state index in [0.29, 0.717) is 0 Å². The molecule has 0 aliphatic carbocycles. The molecule has 14 heavy (non-hydrogen) atoms. The number of fused-ring (bicyclic) bond motifs is 1. The molecular weight excluding hydrogens is 174 g/mol. The molecular formula is C11H19N3. The molecule has 2 rings (SSSR count). The summed E-state index contributed by atoms with van der Waals surface area (Å²) in [4.78, 5) is 8.61. The van der Waals surface area contributed by atoms with Gasteiger partial charge in [-0.15, -0.1) is 0 Å². The first-order chi connectivity index (χ1) is 6.79. The minimum Gasteiger partial charge on any atom is -0.371 e. The summed E-state index contributed by atoms with van der Waals surface area (Å²) < 4.78 is 0. The highest BCUT2D eigenvalue weighted by Crippen LogP contribution is 2.29. The van der Waals surface area contributed by atoms with Crippen molar-refractivity contribution in [2.24, 2.45) is 0 Å². The largest absolute Gasteiger partial charge is 0.371 e. The van der Waals surface area contributed by atoms with Gasteiger partial charge in [0.15, 0.2) is 0 Å². The SMILES string of the molecule is CC.CN1CCN(C)c2cnccc21. The maximum absolute atomic E-state index is 4.11. The maximum Gasteiger partial charge on any atom is 0.0788 e. The van der Waals surface area contributed by atoms with E-state index >= 15 is 0 Å². The molecule has 3 nitrogen and oxygen atoms in total. The molecule has 0 fully saturated rings.